The Morgan fingerprint density at radius 2 is 2.18 bits per heavy atom. The number of hydrogen-bond donors (Lipinski definition) is 1. The van der Waals surface area contributed by atoms with Crippen molar-refractivity contribution in [1.82, 2.24) is 5.32 Å². The second-order valence-corrected chi connectivity index (χ2v) is 6.61. The molecular formula is C14H25NOS. The number of hydrogen-bond acceptors (Lipinski definition) is 3. The van der Waals surface area contributed by atoms with Gasteiger partial charge in [-0.2, -0.15) is 0 Å². The predicted octanol–water partition coefficient (Wildman–Crippen LogP) is 3.33. The van der Waals surface area contributed by atoms with Crippen molar-refractivity contribution in [2.45, 2.75) is 40.2 Å². The second kappa shape index (κ2) is 7.14. The molecule has 2 nitrogen and oxygen atoms in total. The summed E-state index contributed by atoms with van der Waals surface area (Å²) in [5, 5.41) is 5.58. The van der Waals surface area contributed by atoms with Crippen LogP contribution >= 0.6 is 11.3 Å². The van der Waals surface area contributed by atoms with E-state index in [-0.39, 0.29) is 5.41 Å². The predicted molar refractivity (Wildman–Crippen MR) is 75.8 cm³/mol. The highest BCUT2D eigenvalue weighted by molar-refractivity contribution is 7.09. The number of thiophene rings is 1. The third-order valence-corrected chi connectivity index (χ3v) is 3.49. The lowest BCUT2D eigenvalue weighted by molar-refractivity contribution is 0.0633. The van der Waals surface area contributed by atoms with Gasteiger partial charge in [0.2, 0.25) is 0 Å². The van der Waals surface area contributed by atoms with Crippen LogP contribution in [-0.4, -0.2) is 25.8 Å². The average Bonchev–Trinajstić information content (AvgIpc) is 2.75. The van der Waals surface area contributed by atoms with E-state index in [1.165, 1.54) is 4.88 Å². The minimum Gasteiger partial charge on any atom is -0.380 e. The van der Waals surface area contributed by atoms with Crippen LogP contribution in [0, 0.1) is 5.41 Å². The molecule has 0 saturated heterocycles. The lowest BCUT2D eigenvalue weighted by Crippen LogP contribution is -2.36. The highest BCUT2D eigenvalue weighted by atomic mass is 32.1. The van der Waals surface area contributed by atoms with Crippen LogP contribution < -0.4 is 5.32 Å². The van der Waals surface area contributed by atoms with Crippen LogP contribution in [0.5, 0.6) is 0 Å². The SMILES string of the molecule is CC(C)NCC(C)(C)COCCc1cccs1. The molecule has 0 atom stereocenters. The zero-order valence-corrected chi connectivity index (χ0v) is 12.3. The zero-order valence-electron chi connectivity index (χ0n) is 11.5. The van der Waals surface area contributed by atoms with Crippen molar-refractivity contribution >= 4 is 11.3 Å². The van der Waals surface area contributed by atoms with Crippen LogP contribution in [-0.2, 0) is 11.2 Å². The molecule has 0 bridgehead atoms. The number of rotatable bonds is 8. The minimum absolute atomic E-state index is 0.208. The first-order chi connectivity index (χ1) is 7.99. The summed E-state index contributed by atoms with van der Waals surface area (Å²) < 4.78 is 5.77. The van der Waals surface area contributed by atoms with Gasteiger partial charge in [0.1, 0.15) is 0 Å². The van der Waals surface area contributed by atoms with E-state index < -0.39 is 0 Å². The molecule has 1 aromatic rings. The van der Waals surface area contributed by atoms with E-state index in [4.69, 9.17) is 4.74 Å². The molecule has 0 radical (unpaired) electrons. The van der Waals surface area contributed by atoms with Crippen LogP contribution in [0.25, 0.3) is 0 Å². The normalized spacial score (nSPS) is 12.3. The van der Waals surface area contributed by atoms with Gasteiger partial charge in [-0.1, -0.05) is 33.8 Å². The summed E-state index contributed by atoms with van der Waals surface area (Å²) in [6.45, 7) is 11.5. The summed E-state index contributed by atoms with van der Waals surface area (Å²) in [7, 11) is 0. The molecule has 0 saturated carbocycles. The van der Waals surface area contributed by atoms with Crippen molar-refractivity contribution in [2.75, 3.05) is 19.8 Å². The summed E-state index contributed by atoms with van der Waals surface area (Å²) in [6, 6.07) is 4.80. The highest BCUT2D eigenvalue weighted by Gasteiger charge is 2.18. The van der Waals surface area contributed by atoms with Gasteiger partial charge in [-0.05, 0) is 11.4 Å². The molecule has 1 rings (SSSR count). The van der Waals surface area contributed by atoms with Gasteiger partial charge in [0, 0.05) is 29.3 Å². The van der Waals surface area contributed by atoms with Crippen LogP contribution in [0.1, 0.15) is 32.6 Å². The maximum absolute atomic E-state index is 5.77. The molecule has 0 amide bonds. The minimum atomic E-state index is 0.208. The summed E-state index contributed by atoms with van der Waals surface area (Å²) in [4.78, 5) is 1.41. The van der Waals surface area contributed by atoms with E-state index in [2.05, 4.69) is 50.5 Å². The van der Waals surface area contributed by atoms with Gasteiger partial charge < -0.3 is 10.1 Å². The summed E-state index contributed by atoms with van der Waals surface area (Å²) in [5.41, 5.74) is 0.208. The molecule has 98 valence electrons. The topological polar surface area (TPSA) is 21.3 Å². The van der Waals surface area contributed by atoms with Crippen molar-refractivity contribution < 1.29 is 4.74 Å². The van der Waals surface area contributed by atoms with Crippen molar-refractivity contribution in [3.05, 3.63) is 22.4 Å². The van der Waals surface area contributed by atoms with Crippen molar-refractivity contribution in [3.63, 3.8) is 0 Å². The molecular weight excluding hydrogens is 230 g/mol. The van der Waals surface area contributed by atoms with Gasteiger partial charge in [0.05, 0.1) is 13.2 Å². The molecule has 1 aromatic heterocycles. The van der Waals surface area contributed by atoms with E-state index in [1.807, 2.05) is 0 Å². The van der Waals surface area contributed by atoms with Gasteiger partial charge in [-0.15, -0.1) is 11.3 Å². The van der Waals surface area contributed by atoms with E-state index in [9.17, 15) is 0 Å². The van der Waals surface area contributed by atoms with Gasteiger partial charge in [-0.3, -0.25) is 0 Å². The van der Waals surface area contributed by atoms with Gasteiger partial charge >= 0.3 is 0 Å². The van der Waals surface area contributed by atoms with Crippen LogP contribution in [0.15, 0.2) is 17.5 Å². The zero-order chi connectivity index (χ0) is 12.7. The Hall–Kier alpha value is -0.380. The number of ether oxygens (including phenoxy) is 1. The molecule has 17 heavy (non-hydrogen) atoms. The van der Waals surface area contributed by atoms with E-state index in [0.29, 0.717) is 6.04 Å². The molecule has 0 aliphatic carbocycles. The first-order valence-corrected chi connectivity index (χ1v) is 7.21. The fourth-order valence-electron chi connectivity index (χ4n) is 1.51. The van der Waals surface area contributed by atoms with Crippen LogP contribution in [0.2, 0.25) is 0 Å². The Morgan fingerprint density at radius 1 is 1.41 bits per heavy atom. The lowest BCUT2D eigenvalue weighted by atomic mass is 9.94. The highest BCUT2D eigenvalue weighted by Crippen LogP contribution is 2.15. The van der Waals surface area contributed by atoms with Gasteiger partial charge in [0.25, 0.3) is 0 Å². The second-order valence-electron chi connectivity index (χ2n) is 5.58. The molecule has 0 spiro atoms. The summed E-state index contributed by atoms with van der Waals surface area (Å²) >= 11 is 1.80. The molecule has 0 unspecified atom stereocenters. The molecule has 1 N–H and O–H groups in total. The smallest absolute Gasteiger partial charge is 0.0529 e. The quantitative estimate of drug-likeness (QED) is 0.719. The Bertz CT molecular complexity index is 293. The van der Waals surface area contributed by atoms with Crippen molar-refractivity contribution in [2.24, 2.45) is 5.41 Å². The van der Waals surface area contributed by atoms with Crippen molar-refractivity contribution in [1.29, 1.82) is 0 Å². The van der Waals surface area contributed by atoms with E-state index in [0.717, 1.165) is 26.2 Å². The first-order valence-electron chi connectivity index (χ1n) is 6.33. The molecule has 0 aliphatic heterocycles. The largest absolute Gasteiger partial charge is 0.380 e. The Morgan fingerprint density at radius 3 is 2.76 bits per heavy atom. The van der Waals surface area contributed by atoms with Crippen molar-refractivity contribution in [3.8, 4) is 0 Å². The molecule has 0 fully saturated rings. The molecule has 3 heteroatoms. The van der Waals surface area contributed by atoms with Gasteiger partial charge in [0.15, 0.2) is 0 Å². The number of nitrogens with one attached hydrogen (secondary N) is 1. The Kier molecular flexibility index (Phi) is 6.17. The third-order valence-electron chi connectivity index (χ3n) is 2.55. The summed E-state index contributed by atoms with van der Waals surface area (Å²) in [5.74, 6) is 0. The van der Waals surface area contributed by atoms with Crippen LogP contribution in [0.4, 0.5) is 0 Å². The van der Waals surface area contributed by atoms with Crippen LogP contribution in [0.3, 0.4) is 0 Å². The average molecular weight is 255 g/mol. The fraction of sp³-hybridized carbons (Fsp3) is 0.714. The van der Waals surface area contributed by atoms with E-state index >= 15 is 0 Å². The standard InChI is InChI=1S/C14H25NOS/c1-12(2)15-10-14(3,4)11-16-8-7-13-6-5-9-17-13/h5-6,9,12,15H,7-8,10-11H2,1-4H3. The maximum atomic E-state index is 5.77. The maximum Gasteiger partial charge on any atom is 0.0529 e. The Labute approximate surface area is 109 Å². The monoisotopic (exact) mass is 255 g/mol. The lowest BCUT2D eigenvalue weighted by Gasteiger charge is -2.26. The molecule has 0 aliphatic rings. The third kappa shape index (κ3) is 6.81. The fourth-order valence-corrected chi connectivity index (χ4v) is 2.20. The summed E-state index contributed by atoms with van der Waals surface area (Å²) in [6.07, 6.45) is 1.03. The van der Waals surface area contributed by atoms with E-state index in [1.54, 1.807) is 11.3 Å². The Balaban J connectivity index is 2.12. The molecule has 0 aromatic carbocycles. The van der Waals surface area contributed by atoms with Gasteiger partial charge in [-0.25, -0.2) is 0 Å². The molecule has 1 heterocycles. The first kappa shape index (κ1) is 14.7.